The van der Waals surface area contributed by atoms with E-state index < -0.39 is 0 Å². The van der Waals surface area contributed by atoms with Crippen molar-refractivity contribution in [1.29, 1.82) is 0 Å². The Morgan fingerprint density at radius 3 is 2.70 bits per heavy atom. The molecular weight excluding hydrogens is 364 g/mol. The maximum absolute atomic E-state index is 12.4. The molecule has 1 saturated carbocycles. The maximum Gasteiger partial charge on any atom is 0.228 e. The smallest absolute Gasteiger partial charge is 0.228 e. The van der Waals surface area contributed by atoms with Gasteiger partial charge in [-0.15, -0.1) is 0 Å². The highest BCUT2D eigenvalue weighted by molar-refractivity contribution is 9.10. The van der Waals surface area contributed by atoms with Crippen molar-refractivity contribution in [2.75, 3.05) is 18.5 Å². The summed E-state index contributed by atoms with van der Waals surface area (Å²) in [6.45, 7) is 1.34. The number of aromatic nitrogens is 1. The first-order chi connectivity index (χ1) is 11.1. The van der Waals surface area contributed by atoms with E-state index in [2.05, 4.69) is 26.2 Å². The van der Waals surface area contributed by atoms with E-state index in [1.54, 1.807) is 12.1 Å². The van der Waals surface area contributed by atoms with Gasteiger partial charge in [-0.1, -0.05) is 0 Å². The molecule has 6 nitrogen and oxygen atoms in total. The van der Waals surface area contributed by atoms with Gasteiger partial charge < -0.3 is 14.8 Å². The Kier molecular flexibility index (Phi) is 5.40. The highest BCUT2D eigenvalue weighted by atomic mass is 79.9. The topological polar surface area (TPSA) is 77.5 Å². The third-order valence-corrected chi connectivity index (χ3v) is 4.45. The fourth-order valence-corrected chi connectivity index (χ4v) is 2.79. The molecule has 1 N–H and O–H groups in total. The second-order valence-corrected chi connectivity index (χ2v) is 6.63. The summed E-state index contributed by atoms with van der Waals surface area (Å²) < 4.78 is 11.5. The Balaban J connectivity index is 1.60. The molecule has 7 heteroatoms. The van der Waals surface area contributed by atoms with Crippen LogP contribution in [-0.4, -0.2) is 36.2 Å². The van der Waals surface area contributed by atoms with E-state index in [0.717, 1.165) is 19.3 Å². The molecule has 0 bridgehead atoms. The van der Waals surface area contributed by atoms with Gasteiger partial charge in [0.15, 0.2) is 12.1 Å². The molecule has 2 heterocycles. The van der Waals surface area contributed by atoms with Gasteiger partial charge in [0.25, 0.3) is 0 Å². The van der Waals surface area contributed by atoms with Crippen LogP contribution in [0.1, 0.15) is 42.6 Å². The highest BCUT2D eigenvalue weighted by Crippen LogP contribution is 2.30. The van der Waals surface area contributed by atoms with E-state index in [1.807, 2.05) is 0 Å². The van der Waals surface area contributed by atoms with E-state index in [4.69, 9.17) is 9.47 Å². The second kappa shape index (κ2) is 7.51. The van der Waals surface area contributed by atoms with Gasteiger partial charge in [0.1, 0.15) is 11.5 Å². The van der Waals surface area contributed by atoms with Crippen molar-refractivity contribution in [2.45, 2.75) is 38.4 Å². The first kappa shape index (κ1) is 16.5. The molecule has 1 saturated heterocycles. The molecule has 1 aromatic rings. The average Bonchev–Trinajstić information content (AvgIpc) is 3.40. The Morgan fingerprint density at radius 2 is 2.00 bits per heavy atom. The quantitative estimate of drug-likeness (QED) is 0.765. The number of halogens is 1. The number of carbonyl (C=O) groups is 2. The summed E-state index contributed by atoms with van der Waals surface area (Å²) in [6.07, 6.45) is 3.22. The first-order valence-corrected chi connectivity index (χ1v) is 8.66. The fourth-order valence-electron chi connectivity index (χ4n) is 2.35. The largest absolute Gasteiger partial charge is 0.353 e. The predicted octanol–water partition coefficient (Wildman–Crippen LogP) is 2.92. The Bertz CT molecular complexity index is 598. The molecule has 0 atom stereocenters. The van der Waals surface area contributed by atoms with Crippen molar-refractivity contribution in [1.82, 2.24) is 4.98 Å². The standard InChI is InChI=1S/C16H19BrN2O4/c17-11-4-6-13(19-16(21)10-2-3-10)18-15(11)12(20)5-7-14-22-8-1-9-23-14/h4,6,10,14H,1-3,5,7-9H2,(H,18,19,21). The van der Waals surface area contributed by atoms with Crippen molar-refractivity contribution in [3.05, 3.63) is 22.3 Å². The Labute approximate surface area is 143 Å². The lowest BCUT2D eigenvalue weighted by Gasteiger charge is -2.22. The van der Waals surface area contributed by atoms with Crippen LogP contribution in [0.15, 0.2) is 16.6 Å². The minimum atomic E-state index is -0.316. The predicted molar refractivity (Wildman–Crippen MR) is 87.2 cm³/mol. The number of nitrogens with one attached hydrogen (secondary N) is 1. The SMILES string of the molecule is O=C(CCC1OCCCO1)c1nc(NC(=O)C2CC2)ccc1Br. The zero-order valence-electron chi connectivity index (χ0n) is 12.7. The molecule has 1 aliphatic heterocycles. The van der Waals surface area contributed by atoms with Crippen molar-refractivity contribution < 1.29 is 19.1 Å². The van der Waals surface area contributed by atoms with Gasteiger partial charge in [-0.3, -0.25) is 9.59 Å². The molecule has 1 aromatic heterocycles. The third-order valence-electron chi connectivity index (χ3n) is 3.81. The lowest BCUT2D eigenvalue weighted by molar-refractivity contribution is -0.180. The van der Waals surface area contributed by atoms with Gasteiger partial charge in [0.05, 0.1) is 13.2 Å². The maximum atomic E-state index is 12.4. The van der Waals surface area contributed by atoms with Crippen LogP contribution in [0.3, 0.4) is 0 Å². The second-order valence-electron chi connectivity index (χ2n) is 5.78. The molecule has 23 heavy (non-hydrogen) atoms. The zero-order chi connectivity index (χ0) is 16.2. The summed E-state index contributed by atoms with van der Waals surface area (Å²) in [6, 6.07) is 3.42. The van der Waals surface area contributed by atoms with Crippen LogP contribution in [0, 0.1) is 5.92 Å². The van der Waals surface area contributed by atoms with Crippen molar-refractivity contribution >= 4 is 33.4 Å². The molecule has 0 spiro atoms. The summed E-state index contributed by atoms with van der Waals surface area (Å²) in [7, 11) is 0. The normalized spacial score (nSPS) is 18.7. The Hall–Kier alpha value is -1.31. The van der Waals surface area contributed by atoms with E-state index >= 15 is 0 Å². The summed E-state index contributed by atoms with van der Waals surface area (Å²) in [5.41, 5.74) is 0.328. The molecule has 0 unspecified atom stereocenters. The lowest BCUT2D eigenvalue weighted by Crippen LogP contribution is -2.25. The Morgan fingerprint density at radius 1 is 1.26 bits per heavy atom. The number of Topliss-reactive ketones (excluding diaryl/α,β-unsaturated/α-hetero) is 1. The molecule has 2 aliphatic rings. The van der Waals surface area contributed by atoms with E-state index in [9.17, 15) is 9.59 Å². The molecule has 1 aliphatic carbocycles. The van der Waals surface area contributed by atoms with Crippen LogP contribution in [-0.2, 0) is 14.3 Å². The molecule has 1 amide bonds. The van der Waals surface area contributed by atoms with Crippen molar-refractivity contribution in [2.24, 2.45) is 5.92 Å². The van der Waals surface area contributed by atoms with Crippen molar-refractivity contribution in [3.8, 4) is 0 Å². The number of nitrogens with zero attached hydrogens (tertiary/aromatic N) is 1. The third kappa shape index (κ3) is 4.59. The monoisotopic (exact) mass is 382 g/mol. The summed E-state index contributed by atoms with van der Waals surface area (Å²) in [5.74, 6) is 0.387. The average molecular weight is 383 g/mol. The minimum Gasteiger partial charge on any atom is -0.353 e. The van der Waals surface area contributed by atoms with Gasteiger partial charge in [-0.05, 0) is 47.3 Å². The lowest BCUT2D eigenvalue weighted by atomic mass is 10.1. The molecule has 0 aromatic carbocycles. The van der Waals surface area contributed by atoms with Crippen LogP contribution in [0.4, 0.5) is 5.82 Å². The molecule has 2 fully saturated rings. The number of carbonyl (C=O) groups excluding carboxylic acids is 2. The number of ether oxygens (including phenoxy) is 2. The molecule has 0 radical (unpaired) electrons. The number of ketones is 1. The number of rotatable bonds is 6. The fraction of sp³-hybridized carbons (Fsp3) is 0.562. The van der Waals surface area contributed by atoms with Gasteiger partial charge in [0.2, 0.25) is 5.91 Å². The van der Waals surface area contributed by atoms with Crippen LogP contribution in [0.25, 0.3) is 0 Å². The van der Waals surface area contributed by atoms with Gasteiger partial charge in [-0.2, -0.15) is 0 Å². The van der Waals surface area contributed by atoms with E-state index in [1.165, 1.54) is 0 Å². The zero-order valence-corrected chi connectivity index (χ0v) is 14.3. The van der Waals surface area contributed by atoms with Gasteiger partial charge in [0, 0.05) is 23.2 Å². The number of amides is 1. The van der Waals surface area contributed by atoms with E-state index in [-0.39, 0.29) is 30.3 Å². The number of hydrogen-bond acceptors (Lipinski definition) is 5. The summed E-state index contributed by atoms with van der Waals surface area (Å²) in [4.78, 5) is 28.4. The minimum absolute atomic E-state index is 0.0257. The van der Waals surface area contributed by atoms with Gasteiger partial charge in [-0.25, -0.2) is 4.98 Å². The van der Waals surface area contributed by atoms with Crippen LogP contribution in [0.2, 0.25) is 0 Å². The highest BCUT2D eigenvalue weighted by Gasteiger charge is 2.30. The summed E-state index contributed by atoms with van der Waals surface area (Å²) >= 11 is 3.35. The molecule has 124 valence electrons. The first-order valence-electron chi connectivity index (χ1n) is 7.87. The van der Waals surface area contributed by atoms with Crippen molar-refractivity contribution in [3.63, 3.8) is 0 Å². The number of hydrogen-bond donors (Lipinski definition) is 1. The van der Waals surface area contributed by atoms with Crippen LogP contribution < -0.4 is 5.32 Å². The molecule has 3 rings (SSSR count). The number of anilines is 1. The van der Waals surface area contributed by atoms with E-state index in [0.29, 0.717) is 35.6 Å². The number of pyridine rings is 1. The van der Waals surface area contributed by atoms with Crippen LogP contribution in [0.5, 0.6) is 0 Å². The molecular formula is C16H19BrN2O4. The van der Waals surface area contributed by atoms with Gasteiger partial charge >= 0.3 is 0 Å². The summed E-state index contributed by atoms with van der Waals surface area (Å²) in [5, 5.41) is 2.76. The van der Waals surface area contributed by atoms with Crippen LogP contribution >= 0.6 is 15.9 Å².